The fourth-order valence-corrected chi connectivity index (χ4v) is 1.84. The van der Waals surface area contributed by atoms with Crippen molar-refractivity contribution in [2.24, 2.45) is 5.73 Å². The summed E-state index contributed by atoms with van der Waals surface area (Å²) in [4.78, 5) is 4.36. The molecule has 2 aromatic rings. The standard InChI is InChI=1S/C12H8Cl2N2OS/c13-7-4-5-10(8(14)6-7)17-11-3-1-2-9(16-11)12(15)18/h1-6H,(H2,15,18). The van der Waals surface area contributed by atoms with Crippen molar-refractivity contribution in [2.45, 2.75) is 0 Å². The monoisotopic (exact) mass is 298 g/mol. The molecule has 0 aliphatic carbocycles. The van der Waals surface area contributed by atoms with Gasteiger partial charge < -0.3 is 10.5 Å². The number of benzene rings is 1. The fraction of sp³-hybridized carbons (Fsp3) is 0. The van der Waals surface area contributed by atoms with Gasteiger partial charge in [-0.2, -0.15) is 0 Å². The summed E-state index contributed by atoms with van der Waals surface area (Å²) >= 11 is 16.6. The summed E-state index contributed by atoms with van der Waals surface area (Å²) in [5, 5.41) is 0.947. The predicted octanol–water partition coefficient (Wildman–Crippen LogP) is 3.81. The van der Waals surface area contributed by atoms with Crippen molar-refractivity contribution in [3.63, 3.8) is 0 Å². The first-order valence-electron chi connectivity index (χ1n) is 4.96. The van der Waals surface area contributed by atoms with Gasteiger partial charge in [-0.05, 0) is 24.3 Å². The molecule has 2 rings (SSSR count). The Balaban J connectivity index is 2.28. The van der Waals surface area contributed by atoms with E-state index in [2.05, 4.69) is 4.98 Å². The van der Waals surface area contributed by atoms with Crippen LogP contribution in [-0.4, -0.2) is 9.97 Å². The van der Waals surface area contributed by atoms with Crippen molar-refractivity contribution >= 4 is 40.4 Å². The highest BCUT2D eigenvalue weighted by Crippen LogP contribution is 2.30. The van der Waals surface area contributed by atoms with Crippen LogP contribution >= 0.6 is 35.4 Å². The van der Waals surface area contributed by atoms with Crippen molar-refractivity contribution in [2.75, 3.05) is 0 Å². The lowest BCUT2D eigenvalue weighted by molar-refractivity contribution is 0.463. The Labute approximate surface area is 119 Å². The molecule has 0 aliphatic rings. The maximum absolute atomic E-state index is 5.99. The molecule has 0 aliphatic heterocycles. The van der Waals surface area contributed by atoms with E-state index in [-0.39, 0.29) is 4.99 Å². The number of nitrogens with zero attached hydrogens (tertiary/aromatic N) is 1. The van der Waals surface area contributed by atoms with Crippen LogP contribution in [0.3, 0.4) is 0 Å². The van der Waals surface area contributed by atoms with Gasteiger partial charge in [-0.1, -0.05) is 41.5 Å². The molecule has 0 amide bonds. The molecule has 0 unspecified atom stereocenters. The number of pyridine rings is 1. The molecule has 0 spiro atoms. The molecule has 0 radical (unpaired) electrons. The zero-order valence-electron chi connectivity index (χ0n) is 9.06. The minimum absolute atomic E-state index is 0.211. The second-order valence-corrected chi connectivity index (χ2v) is 4.69. The number of thiocarbonyl (C=S) groups is 1. The first-order chi connectivity index (χ1) is 8.56. The zero-order valence-corrected chi connectivity index (χ0v) is 11.4. The molecule has 0 saturated carbocycles. The molecule has 1 heterocycles. The van der Waals surface area contributed by atoms with Crippen LogP contribution in [0.4, 0.5) is 0 Å². The van der Waals surface area contributed by atoms with Gasteiger partial charge in [0.1, 0.15) is 16.4 Å². The average Bonchev–Trinajstić information content (AvgIpc) is 2.33. The Hall–Kier alpha value is -1.36. The molecule has 0 saturated heterocycles. The van der Waals surface area contributed by atoms with Crippen LogP contribution in [0, 0.1) is 0 Å². The first kappa shape index (κ1) is 13.1. The molecule has 1 aromatic carbocycles. The Kier molecular flexibility index (Phi) is 4.01. The summed E-state index contributed by atoms with van der Waals surface area (Å²) < 4.78 is 5.54. The Morgan fingerprint density at radius 2 is 2.00 bits per heavy atom. The summed E-state index contributed by atoms with van der Waals surface area (Å²) in [6, 6.07) is 10.1. The number of aromatic nitrogens is 1. The van der Waals surface area contributed by atoms with E-state index in [0.29, 0.717) is 27.4 Å². The number of halogens is 2. The van der Waals surface area contributed by atoms with Crippen LogP contribution in [0.25, 0.3) is 0 Å². The van der Waals surface area contributed by atoms with E-state index in [9.17, 15) is 0 Å². The molecule has 2 N–H and O–H groups in total. The van der Waals surface area contributed by atoms with Gasteiger partial charge in [0.25, 0.3) is 0 Å². The summed E-state index contributed by atoms with van der Waals surface area (Å²) in [7, 11) is 0. The topological polar surface area (TPSA) is 48.1 Å². The third-order valence-electron chi connectivity index (χ3n) is 2.08. The number of nitrogens with two attached hydrogens (primary N) is 1. The van der Waals surface area contributed by atoms with E-state index < -0.39 is 0 Å². The van der Waals surface area contributed by atoms with E-state index in [1.165, 1.54) is 0 Å². The first-order valence-corrected chi connectivity index (χ1v) is 6.12. The van der Waals surface area contributed by atoms with Crippen molar-refractivity contribution < 1.29 is 4.74 Å². The third-order valence-corrected chi connectivity index (χ3v) is 2.82. The largest absolute Gasteiger partial charge is 0.437 e. The molecule has 18 heavy (non-hydrogen) atoms. The molecule has 92 valence electrons. The van der Waals surface area contributed by atoms with Crippen molar-refractivity contribution in [1.82, 2.24) is 4.98 Å². The van der Waals surface area contributed by atoms with E-state index in [1.54, 1.807) is 36.4 Å². The Morgan fingerprint density at radius 3 is 2.67 bits per heavy atom. The highest BCUT2D eigenvalue weighted by Gasteiger charge is 2.06. The maximum Gasteiger partial charge on any atom is 0.219 e. The molecule has 0 atom stereocenters. The maximum atomic E-state index is 5.99. The molecular weight excluding hydrogens is 291 g/mol. The molecule has 3 nitrogen and oxygen atoms in total. The van der Waals surface area contributed by atoms with Gasteiger partial charge in [-0.15, -0.1) is 0 Å². The van der Waals surface area contributed by atoms with Gasteiger partial charge >= 0.3 is 0 Å². The van der Waals surface area contributed by atoms with E-state index in [1.807, 2.05) is 0 Å². The zero-order chi connectivity index (χ0) is 13.1. The third kappa shape index (κ3) is 3.10. The molecular formula is C12H8Cl2N2OS. The fourth-order valence-electron chi connectivity index (χ4n) is 1.28. The highest BCUT2D eigenvalue weighted by molar-refractivity contribution is 7.80. The van der Waals surface area contributed by atoms with Crippen LogP contribution in [0.1, 0.15) is 5.69 Å². The minimum Gasteiger partial charge on any atom is -0.437 e. The average molecular weight is 299 g/mol. The number of ether oxygens (including phenoxy) is 1. The summed E-state index contributed by atoms with van der Waals surface area (Å²) in [5.41, 5.74) is 5.99. The van der Waals surface area contributed by atoms with E-state index in [4.69, 9.17) is 45.9 Å². The van der Waals surface area contributed by atoms with Crippen molar-refractivity contribution in [1.29, 1.82) is 0 Å². The summed E-state index contributed by atoms with van der Waals surface area (Å²) in [6.45, 7) is 0. The highest BCUT2D eigenvalue weighted by atomic mass is 35.5. The lowest BCUT2D eigenvalue weighted by Gasteiger charge is -2.07. The van der Waals surface area contributed by atoms with E-state index >= 15 is 0 Å². The summed E-state index contributed by atoms with van der Waals surface area (Å²) in [5.74, 6) is 0.832. The second-order valence-electron chi connectivity index (χ2n) is 3.40. The molecule has 0 bridgehead atoms. The Bertz CT molecular complexity index is 604. The minimum atomic E-state index is 0.211. The molecule has 6 heteroatoms. The lowest BCUT2D eigenvalue weighted by Crippen LogP contribution is -2.11. The molecule has 0 fully saturated rings. The second kappa shape index (κ2) is 5.52. The van der Waals surface area contributed by atoms with Crippen molar-refractivity contribution in [3.8, 4) is 11.6 Å². The van der Waals surface area contributed by atoms with Crippen LogP contribution in [0.5, 0.6) is 11.6 Å². The quantitative estimate of drug-likeness (QED) is 0.875. The Morgan fingerprint density at radius 1 is 1.22 bits per heavy atom. The van der Waals surface area contributed by atoms with Crippen LogP contribution in [0.2, 0.25) is 10.0 Å². The number of hydrogen-bond donors (Lipinski definition) is 1. The number of rotatable bonds is 3. The van der Waals surface area contributed by atoms with E-state index in [0.717, 1.165) is 0 Å². The molecule has 1 aromatic heterocycles. The SMILES string of the molecule is NC(=S)c1cccc(Oc2ccc(Cl)cc2Cl)n1. The van der Waals surface area contributed by atoms with Crippen LogP contribution in [-0.2, 0) is 0 Å². The van der Waals surface area contributed by atoms with Gasteiger partial charge in [0.05, 0.1) is 5.02 Å². The lowest BCUT2D eigenvalue weighted by atomic mass is 10.3. The van der Waals surface area contributed by atoms with Crippen molar-refractivity contribution in [3.05, 3.63) is 52.1 Å². The number of hydrogen-bond acceptors (Lipinski definition) is 3. The normalized spacial score (nSPS) is 10.1. The van der Waals surface area contributed by atoms with Crippen LogP contribution < -0.4 is 10.5 Å². The predicted molar refractivity (Wildman–Crippen MR) is 76.7 cm³/mol. The smallest absolute Gasteiger partial charge is 0.219 e. The van der Waals surface area contributed by atoms with Gasteiger partial charge in [0, 0.05) is 11.1 Å². The van der Waals surface area contributed by atoms with Crippen LogP contribution in [0.15, 0.2) is 36.4 Å². The summed E-state index contributed by atoms with van der Waals surface area (Å²) in [6.07, 6.45) is 0. The van der Waals surface area contributed by atoms with Gasteiger partial charge in [0.15, 0.2) is 0 Å². The van der Waals surface area contributed by atoms with Gasteiger partial charge in [-0.3, -0.25) is 0 Å². The van der Waals surface area contributed by atoms with Gasteiger partial charge in [-0.25, -0.2) is 4.98 Å². The van der Waals surface area contributed by atoms with Gasteiger partial charge in [0.2, 0.25) is 5.88 Å².